The van der Waals surface area contributed by atoms with Crippen molar-refractivity contribution in [1.82, 2.24) is 9.55 Å². The van der Waals surface area contributed by atoms with E-state index in [4.69, 9.17) is 11.5 Å². The lowest BCUT2D eigenvalue weighted by Crippen LogP contribution is -2.17. The van der Waals surface area contributed by atoms with Crippen molar-refractivity contribution < 1.29 is 4.79 Å². The molecule has 3 rings (SSSR count). The van der Waals surface area contributed by atoms with Crippen LogP contribution >= 0.6 is 0 Å². The van der Waals surface area contributed by atoms with Crippen molar-refractivity contribution in [3.05, 3.63) is 41.5 Å². The Kier molecular flexibility index (Phi) is 2.74. The van der Waals surface area contributed by atoms with Gasteiger partial charge in [-0.1, -0.05) is 6.07 Å². The molecule has 5 nitrogen and oxygen atoms in total. The van der Waals surface area contributed by atoms with Crippen molar-refractivity contribution >= 4 is 11.6 Å². The van der Waals surface area contributed by atoms with Crippen LogP contribution in [0.2, 0.25) is 0 Å². The van der Waals surface area contributed by atoms with Gasteiger partial charge in [0.1, 0.15) is 0 Å². The fourth-order valence-electron chi connectivity index (χ4n) is 2.69. The SMILES string of the molecule is NC(=O)c1cccc(N)c1-n1cnc2c1CCCC2. The summed E-state index contributed by atoms with van der Waals surface area (Å²) in [6, 6.07) is 5.21. The predicted molar refractivity (Wildman–Crippen MR) is 73.1 cm³/mol. The zero-order valence-corrected chi connectivity index (χ0v) is 10.6. The predicted octanol–water partition coefficient (Wildman–Crippen LogP) is 1.43. The van der Waals surface area contributed by atoms with Crippen molar-refractivity contribution in [2.75, 3.05) is 5.73 Å². The topological polar surface area (TPSA) is 86.9 Å². The highest BCUT2D eigenvalue weighted by Gasteiger charge is 2.20. The minimum atomic E-state index is -0.472. The van der Waals surface area contributed by atoms with Crippen LogP contribution in [-0.4, -0.2) is 15.5 Å². The molecule has 1 aromatic carbocycles. The van der Waals surface area contributed by atoms with E-state index in [0.29, 0.717) is 16.9 Å². The molecule has 0 aliphatic heterocycles. The first-order valence-electron chi connectivity index (χ1n) is 6.42. The summed E-state index contributed by atoms with van der Waals surface area (Å²) in [6.07, 6.45) is 5.99. The average molecular weight is 256 g/mol. The number of aromatic nitrogens is 2. The minimum Gasteiger partial charge on any atom is -0.397 e. The van der Waals surface area contributed by atoms with E-state index < -0.39 is 5.91 Å². The van der Waals surface area contributed by atoms with Gasteiger partial charge < -0.3 is 16.0 Å². The van der Waals surface area contributed by atoms with Gasteiger partial charge in [-0.15, -0.1) is 0 Å². The van der Waals surface area contributed by atoms with E-state index in [1.807, 2.05) is 4.57 Å². The third kappa shape index (κ3) is 1.87. The number of amides is 1. The number of nitrogens with zero attached hydrogens (tertiary/aromatic N) is 2. The minimum absolute atomic E-state index is 0.436. The van der Waals surface area contributed by atoms with Gasteiger partial charge in [0.2, 0.25) is 0 Å². The number of nitrogens with two attached hydrogens (primary N) is 2. The van der Waals surface area contributed by atoms with Gasteiger partial charge in [0.25, 0.3) is 5.91 Å². The highest BCUT2D eigenvalue weighted by Crippen LogP contribution is 2.28. The fraction of sp³-hybridized carbons (Fsp3) is 0.286. The molecule has 98 valence electrons. The van der Waals surface area contributed by atoms with Crippen molar-refractivity contribution in [2.45, 2.75) is 25.7 Å². The molecule has 0 atom stereocenters. The van der Waals surface area contributed by atoms with Gasteiger partial charge >= 0.3 is 0 Å². The third-order valence-electron chi connectivity index (χ3n) is 3.60. The largest absolute Gasteiger partial charge is 0.397 e. The maximum atomic E-state index is 11.6. The lowest BCUT2D eigenvalue weighted by molar-refractivity contribution is 0.100. The van der Waals surface area contributed by atoms with Crippen LogP contribution in [0.4, 0.5) is 5.69 Å². The number of aryl methyl sites for hydroxylation is 1. The number of nitrogen functional groups attached to an aromatic ring is 1. The molecule has 2 aromatic rings. The quantitative estimate of drug-likeness (QED) is 0.797. The maximum Gasteiger partial charge on any atom is 0.250 e. The molecule has 1 aromatic heterocycles. The maximum absolute atomic E-state index is 11.6. The molecule has 1 aliphatic carbocycles. The Balaban J connectivity index is 2.22. The molecule has 0 fully saturated rings. The smallest absolute Gasteiger partial charge is 0.250 e. The Hall–Kier alpha value is -2.30. The van der Waals surface area contributed by atoms with Crippen molar-refractivity contribution in [3.63, 3.8) is 0 Å². The van der Waals surface area contributed by atoms with Crippen LogP contribution in [-0.2, 0) is 12.8 Å². The molecule has 5 heteroatoms. The molecule has 0 bridgehead atoms. The molecule has 4 N–H and O–H groups in total. The van der Waals surface area contributed by atoms with Gasteiger partial charge in [0, 0.05) is 5.69 Å². The number of rotatable bonds is 2. The molecule has 1 aliphatic rings. The Morgan fingerprint density at radius 2 is 2.05 bits per heavy atom. The first-order chi connectivity index (χ1) is 9.18. The van der Waals surface area contributed by atoms with E-state index >= 15 is 0 Å². The van der Waals surface area contributed by atoms with Crippen molar-refractivity contribution in [2.24, 2.45) is 5.73 Å². The Morgan fingerprint density at radius 1 is 1.26 bits per heavy atom. The number of primary amides is 1. The monoisotopic (exact) mass is 256 g/mol. The van der Waals surface area contributed by atoms with E-state index in [1.165, 1.54) is 0 Å². The number of para-hydroxylation sites is 1. The van der Waals surface area contributed by atoms with Crippen LogP contribution < -0.4 is 11.5 Å². The number of carbonyl (C=O) groups is 1. The van der Waals surface area contributed by atoms with Crippen molar-refractivity contribution in [1.29, 1.82) is 0 Å². The highest BCUT2D eigenvalue weighted by atomic mass is 16.1. The second-order valence-electron chi connectivity index (χ2n) is 4.82. The van der Waals surface area contributed by atoms with E-state index in [2.05, 4.69) is 4.98 Å². The van der Waals surface area contributed by atoms with Gasteiger partial charge in [0.15, 0.2) is 0 Å². The summed E-state index contributed by atoms with van der Waals surface area (Å²) < 4.78 is 1.92. The van der Waals surface area contributed by atoms with Gasteiger partial charge in [-0.25, -0.2) is 4.98 Å². The van der Waals surface area contributed by atoms with Gasteiger partial charge in [-0.2, -0.15) is 0 Å². The molecular weight excluding hydrogens is 240 g/mol. The summed E-state index contributed by atoms with van der Waals surface area (Å²) in [7, 11) is 0. The Labute approximate surface area is 111 Å². The second kappa shape index (κ2) is 4.42. The number of imidazole rings is 1. The molecule has 0 spiro atoms. The molecule has 0 saturated carbocycles. The zero-order chi connectivity index (χ0) is 13.4. The van der Waals surface area contributed by atoms with Crippen LogP contribution in [0, 0.1) is 0 Å². The number of hydrogen-bond acceptors (Lipinski definition) is 3. The van der Waals surface area contributed by atoms with E-state index in [9.17, 15) is 4.79 Å². The molecule has 1 amide bonds. The molecule has 1 heterocycles. The second-order valence-corrected chi connectivity index (χ2v) is 4.82. The normalized spacial score (nSPS) is 14.1. The van der Waals surface area contributed by atoms with E-state index in [0.717, 1.165) is 37.1 Å². The van der Waals surface area contributed by atoms with Crippen molar-refractivity contribution in [3.8, 4) is 5.69 Å². The van der Waals surface area contributed by atoms with Crippen LogP contribution in [0.15, 0.2) is 24.5 Å². The van der Waals surface area contributed by atoms with Gasteiger partial charge in [0.05, 0.1) is 29.0 Å². The summed E-state index contributed by atoms with van der Waals surface area (Å²) >= 11 is 0. The number of hydrogen-bond donors (Lipinski definition) is 2. The summed E-state index contributed by atoms with van der Waals surface area (Å²) in [6.45, 7) is 0. The summed E-state index contributed by atoms with van der Waals surface area (Å²) in [5.41, 5.74) is 15.3. The third-order valence-corrected chi connectivity index (χ3v) is 3.60. The molecule has 0 radical (unpaired) electrons. The Morgan fingerprint density at radius 3 is 2.84 bits per heavy atom. The molecule has 0 saturated heterocycles. The summed E-state index contributed by atoms with van der Waals surface area (Å²) in [4.78, 5) is 16.0. The molecular formula is C14H16N4O. The number of fused-ring (bicyclic) bond motifs is 1. The first-order valence-corrected chi connectivity index (χ1v) is 6.42. The lowest BCUT2D eigenvalue weighted by Gasteiger charge is -2.17. The van der Waals surface area contributed by atoms with Gasteiger partial charge in [-0.3, -0.25) is 4.79 Å². The van der Waals surface area contributed by atoms with E-state index in [-0.39, 0.29) is 0 Å². The summed E-state index contributed by atoms with van der Waals surface area (Å²) in [5, 5.41) is 0. The lowest BCUT2D eigenvalue weighted by atomic mass is 10.0. The zero-order valence-electron chi connectivity index (χ0n) is 10.6. The number of carbonyl (C=O) groups excluding carboxylic acids is 1. The fourth-order valence-corrected chi connectivity index (χ4v) is 2.69. The number of anilines is 1. The standard InChI is InChI=1S/C14H16N4O/c15-10-5-3-4-9(14(16)19)13(10)18-8-17-11-6-1-2-7-12(11)18/h3-5,8H,1-2,6-7,15H2,(H2,16,19). The average Bonchev–Trinajstić information content (AvgIpc) is 2.82. The highest BCUT2D eigenvalue weighted by molar-refractivity contribution is 5.98. The van der Waals surface area contributed by atoms with Crippen LogP contribution in [0.1, 0.15) is 34.6 Å². The van der Waals surface area contributed by atoms with Crippen LogP contribution in [0.3, 0.4) is 0 Å². The van der Waals surface area contributed by atoms with Gasteiger partial charge in [-0.05, 0) is 37.8 Å². The summed E-state index contributed by atoms with van der Waals surface area (Å²) in [5.74, 6) is -0.472. The molecule has 0 unspecified atom stereocenters. The number of benzene rings is 1. The van der Waals surface area contributed by atoms with E-state index in [1.54, 1.807) is 24.5 Å². The molecule has 19 heavy (non-hydrogen) atoms. The van der Waals surface area contributed by atoms with Crippen LogP contribution in [0.5, 0.6) is 0 Å². The Bertz CT molecular complexity index is 645. The van der Waals surface area contributed by atoms with Crippen LogP contribution in [0.25, 0.3) is 5.69 Å². The first kappa shape index (κ1) is 11.8.